The molecular weight excluding hydrogens is 591 g/mol. The molecule has 0 saturated carbocycles. The van der Waals surface area contributed by atoms with Gasteiger partial charge in [0.2, 0.25) is 0 Å². The lowest BCUT2D eigenvalue weighted by molar-refractivity contribution is -0.141. The Morgan fingerprint density at radius 3 is 2.52 bits per heavy atom. The van der Waals surface area contributed by atoms with E-state index in [4.69, 9.17) is 4.74 Å². The molecule has 0 radical (unpaired) electrons. The number of rotatable bonds is 8. The Labute approximate surface area is 257 Å². The molecule has 1 aliphatic rings. The second kappa shape index (κ2) is 12.9. The molecule has 1 aliphatic heterocycles. The largest absolute Gasteiger partial charge is 0.492 e. The van der Waals surface area contributed by atoms with Gasteiger partial charge in [-0.3, -0.25) is 19.1 Å². The molecule has 12 heteroatoms. The molecule has 3 aromatic heterocycles. The standard InChI is InChI=1S/C32H34F3N5O3S/c1-5-43-27-8-6-20(4)15-26(27)40-25(14-19(2)3)22(30(41)39-12-10-36-11-13-39)16-23(31(40)42)29-38-24(18-44-29)21-7-9-28(37-17-21)32(33,34)35/h6-9,15-19,36H,5,10-14H2,1-4H3. The van der Waals surface area contributed by atoms with E-state index < -0.39 is 11.9 Å². The Kier molecular flexibility index (Phi) is 9.21. The molecule has 4 aromatic rings. The Hall–Kier alpha value is -4.03. The second-order valence-electron chi connectivity index (χ2n) is 11.1. The van der Waals surface area contributed by atoms with E-state index in [0.29, 0.717) is 78.2 Å². The van der Waals surface area contributed by atoms with Crippen molar-refractivity contribution in [2.45, 2.75) is 40.3 Å². The summed E-state index contributed by atoms with van der Waals surface area (Å²) in [6.07, 6.45) is -2.98. The van der Waals surface area contributed by atoms with Crippen LogP contribution < -0.4 is 15.6 Å². The molecule has 1 saturated heterocycles. The van der Waals surface area contributed by atoms with Gasteiger partial charge in [0, 0.05) is 49.0 Å². The number of piperazine rings is 1. The number of halogens is 3. The van der Waals surface area contributed by atoms with Gasteiger partial charge in [0.15, 0.2) is 0 Å². The van der Waals surface area contributed by atoms with Gasteiger partial charge in [-0.15, -0.1) is 11.3 Å². The Morgan fingerprint density at radius 1 is 1.14 bits per heavy atom. The van der Waals surface area contributed by atoms with E-state index in [2.05, 4.69) is 15.3 Å². The summed E-state index contributed by atoms with van der Waals surface area (Å²) in [6.45, 7) is 10.6. The lowest BCUT2D eigenvalue weighted by Gasteiger charge is -2.29. The average Bonchev–Trinajstić information content (AvgIpc) is 3.48. The van der Waals surface area contributed by atoms with Crippen molar-refractivity contribution in [3.63, 3.8) is 0 Å². The first kappa shape index (κ1) is 31.4. The van der Waals surface area contributed by atoms with Crippen LogP contribution >= 0.6 is 11.3 Å². The maximum atomic E-state index is 14.5. The summed E-state index contributed by atoms with van der Waals surface area (Å²) in [6, 6.07) is 9.44. The van der Waals surface area contributed by atoms with Crippen LogP contribution in [0.5, 0.6) is 5.75 Å². The Morgan fingerprint density at radius 2 is 1.89 bits per heavy atom. The van der Waals surface area contributed by atoms with Gasteiger partial charge in [-0.1, -0.05) is 19.9 Å². The number of ether oxygens (including phenoxy) is 1. The van der Waals surface area contributed by atoms with Crippen molar-refractivity contribution in [1.29, 1.82) is 0 Å². The maximum Gasteiger partial charge on any atom is 0.433 e. The number of benzene rings is 1. The lowest BCUT2D eigenvalue weighted by Crippen LogP contribution is -2.47. The maximum absolute atomic E-state index is 14.5. The van der Waals surface area contributed by atoms with Gasteiger partial charge in [0.1, 0.15) is 16.5 Å². The predicted octanol–water partition coefficient (Wildman–Crippen LogP) is 5.99. The summed E-state index contributed by atoms with van der Waals surface area (Å²) in [7, 11) is 0. The average molecular weight is 626 g/mol. The Balaban J connectivity index is 1.73. The number of alkyl halides is 3. The van der Waals surface area contributed by atoms with Gasteiger partial charge >= 0.3 is 6.18 Å². The molecule has 1 amide bonds. The minimum absolute atomic E-state index is 0.125. The van der Waals surface area contributed by atoms with Crippen LogP contribution in [0, 0.1) is 12.8 Å². The van der Waals surface area contributed by atoms with Crippen LogP contribution in [0.2, 0.25) is 0 Å². The molecule has 44 heavy (non-hydrogen) atoms. The zero-order valence-electron chi connectivity index (χ0n) is 25.0. The third kappa shape index (κ3) is 6.56. The number of thiazole rings is 1. The molecule has 1 fully saturated rings. The molecule has 232 valence electrons. The fourth-order valence-corrected chi connectivity index (χ4v) is 6.03. The summed E-state index contributed by atoms with van der Waals surface area (Å²) in [5, 5.41) is 5.28. The number of amides is 1. The van der Waals surface area contributed by atoms with Crippen molar-refractivity contribution in [2.24, 2.45) is 5.92 Å². The number of carbonyl (C=O) groups excluding carboxylic acids is 1. The van der Waals surface area contributed by atoms with E-state index in [-0.39, 0.29) is 22.9 Å². The predicted molar refractivity (Wildman–Crippen MR) is 165 cm³/mol. The van der Waals surface area contributed by atoms with E-state index in [1.54, 1.807) is 20.9 Å². The number of hydrogen-bond acceptors (Lipinski definition) is 7. The van der Waals surface area contributed by atoms with Crippen molar-refractivity contribution in [3.05, 3.63) is 80.8 Å². The van der Waals surface area contributed by atoms with Gasteiger partial charge < -0.3 is 15.0 Å². The summed E-state index contributed by atoms with van der Waals surface area (Å²) < 4.78 is 46.7. The molecule has 0 unspecified atom stereocenters. The number of carbonyl (C=O) groups is 1. The summed E-state index contributed by atoms with van der Waals surface area (Å²) in [5.74, 6) is 0.463. The first-order valence-corrected chi connectivity index (χ1v) is 15.4. The van der Waals surface area contributed by atoms with Gasteiger partial charge in [0.05, 0.1) is 29.1 Å². The van der Waals surface area contributed by atoms with Crippen LogP contribution in [0.15, 0.2) is 52.8 Å². The molecule has 8 nitrogen and oxygen atoms in total. The molecule has 1 N–H and O–H groups in total. The highest BCUT2D eigenvalue weighted by atomic mass is 32.1. The second-order valence-corrected chi connectivity index (χ2v) is 11.9. The molecule has 0 aliphatic carbocycles. The first-order chi connectivity index (χ1) is 21.0. The molecule has 5 rings (SSSR count). The van der Waals surface area contributed by atoms with Crippen LogP contribution in [0.3, 0.4) is 0 Å². The van der Waals surface area contributed by atoms with E-state index in [1.807, 2.05) is 45.9 Å². The van der Waals surface area contributed by atoms with Gasteiger partial charge in [-0.05, 0) is 62.1 Å². The highest BCUT2D eigenvalue weighted by Gasteiger charge is 2.32. The van der Waals surface area contributed by atoms with Crippen molar-refractivity contribution in [1.82, 2.24) is 24.8 Å². The zero-order valence-corrected chi connectivity index (χ0v) is 25.8. The van der Waals surface area contributed by atoms with E-state index in [9.17, 15) is 22.8 Å². The molecule has 4 heterocycles. The third-order valence-electron chi connectivity index (χ3n) is 7.28. The van der Waals surface area contributed by atoms with Gasteiger partial charge in [0.25, 0.3) is 11.5 Å². The minimum Gasteiger partial charge on any atom is -0.492 e. The van der Waals surface area contributed by atoms with Crippen molar-refractivity contribution < 1.29 is 22.7 Å². The molecule has 0 atom stereocenters. The van der Waals surface area contributed by atoms with Crippen LogP contribution in [-0.4, -0.2) is 58.1 Å². The van der Waals surface area contributed by atoms with Gasteiger partial charge in [-0.2, -0.15) is 13.2 Å². The summed E-state index contributed by atoms with van der Waals surface area (Å²) in [4.78, 5) is 38.6. The first-order valence-electron chi connectivity index (χ1n) is 14.5. The quantitative estimate of drug-likeness (QED) is 0.259. The fraction of sp³-hybridized carbons (Fsp3) is 0.375. The van der Waals surface area contributed by atoms with E-state index in [1.165, 1.54) is 17.4 Å². The Bertz CT molecular complexity index is 1710. The monoisotopic (exact) mass is 625 g/mol. The molecule has 0 spiro atoms. The minimum atomic E-state index is -4.56. The lowest BCUT2D eigenvalue weighted by atomic mass is 9.99. The molecule has 0 bridgehead atoms. The summed E-state index contributed by atoms with van der Waals surface area (Å²) >= 11 is 1.18. The molecule has 1 aromatic carbocycles. The van der Waals surface area contributed by atoms with Crippen molar-refractivity contribution in [3.8, 4) is 33.3 Å². The molecular formula is C32H34F3N5O3S. The highest BCUT2D eigenvalue weighted by molar-refractivity contribution is 7.13. The number of aromatic nitrogens is 3. The van der Waals surface area contributed by atoms with Crippen molar-refractivity contribution in [2.75, 3.05) is 32.8 Å². The van der Waals surface area contributed by atoms with E-state index in [0.717, 1.165) is 17.8 Å². The van der Waals surface area contributed by atoms with Crippen LogP contribution in [0.25, 0.3) is 27.5 Å². The van der Waals surface area contributed by atoms with Crippen LogP contribution in [0.1, 0.15) is 48.1 Å². The van der Waals surface area contributed by atoms with Crippen molar-refractivity contribution >= 4 is 17.2 Å². The van der Waals surface area contributed by atoms with Crippen LogP contribution in [-0.2, 0) is 12.6 Å². The third-order valence-corrected chi connectivity index (χ3v) is 8.15. The number of nitrogens with one attached hydrogen (secondary N) is 1. The number of hydrogen-bond donors (Lipinski definition) is 1. The number of pyridine rings is 2. The number of nitrogens with zero attached hydrogens (tertiary/aromatic N) is 4. The number of aryl methyl sites for hydroxylation is 1. The zero-order chi connectivity index (χ0) is 31.6. The smallest absolute Gasteiger partial charge is 0.433 e. The fourth-order valence-electron chi connectivity index (χ4n) is 5.20. The normalized spacial score (nSPS) is 13.9. The SMILES string of the molecule is CCOc1ccc(C)cc1-n1c(CC(C)C)c(C(=O)N2CCNCC2)cc(-c2nc(-c3ccc(C(F)(F)F)nc3)cs2)c1=O. The van der Waals surface area contributed by atoms with Gasteiger partial charge in [-0.25, -0.2) is 4.98 Å². The topological polar surface area (TPSA) is 89.3 Å². The van der Waals surface area contributed by atoms with Crippen LogP contribution in [0.4, 0.5) is 13.2 Å². The van der Waals surface area contributed by atoms with E-state index >= 15 is 0 Å². The summed E-state index contributed by atoms with van der Waals surface area (Å²) in [5.41, 5.74) is 2.06. The highest BCUT2D eigenvalue weighted by Crippen LogP contribution is 2.33.